The van der Waals surface area contributed by atoms with Gasteiger partial charge in [0.05, 0.1) is 18.5 Å². The van der Waals surface area contributed by atoms with Crippen molar-refractivity contribution in [1.82, 2.24) is 9.55 Å². The van der Waals surface area contributed by atoms with Crippen LogP contribution in [0.1, 0.15) is 21.7 Å². The molecule has 25 heavy (non-hydrogen) atoms. The van der Waals surface area contributed by atoms with Gasteiger partial charge >= 0.3 is 5.69 Å². The van der Waals surface area contributed by atoms with Crippen LogP contribution in [0.3, 0.4) is 0 Å². The average molecular weight is 404 g/mol. The summed E-state index contributed by atoms with van der Waals surface area (Å²) in [4.78, 5) is 39.3. The third kappa shape index (κ3) is 3.63. The topological polar surface area (TPSA) is 97.1 Å². The Morgan fingerprint density at radius 1 is 1.32 bits per heavy atom. The molecule has 2 N–H and O–H groups in total. The first kappa shape index (κ1) is 17.0. The number of carbonyl (C=O) groups excluding carboxylic acids is 1. The van der Waals surface area contributed by atoms with Gasteiger partial charge in [0.1, 0.15) is 11.3 Å². The van der Waals surface area contributed by atoms with E-state index in [1.807, 2.05) is 19.1 Å². The van der Waals surface area contributed by atoms with Crippen LogP contribution in [0.4, 0.5) is 5.69 Å². The monoisotopic (exact) mass is 403 g/mol. The predicted molar refractivity (Wildman–Crippen MR) is 96.0 cm³/mol. The summed E-state index contributed by atoms with van der Waals surface area (Å²) in [6.07, 6.45) is 2.56. The van der Waals surface area contributed by atoms with Crippen LogP contribution in [0.15, 0.2) is 61.3 Å². The SMILES string of the molecule is Cc1ccc(NC(=O)c2c[nH]c(=O)n(Cc3ccco3)c2=O)c(Br)c1. The van der Waals surface area contributed by atoms with E-state index < -0.39 is 17.2 Å². The van der Waals surface area contributed by atoms with Crippen LogP contribution in [0, 0.1) is 6.92 Å². The molecule has 0 saturated carbocycles. The molecule has 0 aliphatic carbocycles. The number of halogens is 1. The molecule has 0 radical (unpaired) electrons. The molecule has 0 fully saturated rings. The number of rotatable bonds is 4. The van der Waals surface area contributed by atoms with Crippen LogP contribution < -0.4 is 16.6 Å². The van der Waals surface area contributed by atoms with Gasteiger partial charge in [0.15, 0.2) is 0 Å². The van der Waals surface area contributed by atoms with Crippen LogP contribution in [0.2, 0.25) is 0 Å². The smallest absolute Gasteiger partial charge is 0.328 e. The van der Waals surface area contributed by atoms with Gasteiger partial charge in [0.25, 0.3) is 11.5 Å². The number of H-pyrrole nitrogens is 1. The lowest BCUT2D eigenvalue weighted by molar-refractivity contribution is 0.102. The Kier molecular flexibility index (Phi) is 4.71. The minimum Gasteiger partial charge on any atom is -0.467 e. The minimum atomic E-state index is -0.694. The van der Waals surface area contributed by atoms with E-state index in [4.69, 9.17) is 4.42 Å². The molecule has 128 valence electrons. The molecule has 0 atom stereocenters. The molecule has 1 amide bonds. The van der Waals surface area contributed by atoms with E-state index in [1.54, 1.807) is 18.2 Å². The van der Waals surface area contributed by atoms with Gasteiger partial charge in [-0.15, -0.1) is 0 Å². The van der Waals surface area contributed by atoms with Gasteiger partial charge in [0, 0.05) is 10.7 Å². The Morgan fingerprint density at radius 2 is 2.12 bits per heavy atom. The molecular weight excluding hydrogens is 390 g/mol. The number of hydrogen-bond donors (Lipinski definition) is 2. The Morgan fingerprint density at radius 3 is 2.80 bits per heavy atom. The van der Waals surface area contributed by atoms with Gasteiger partial charge in [-0.1, -0.05) is 6.07 Å². The van der Waals surface area contributed by atoms with E-state index in [1.165, 1.54) is 6.26 Å². The zero-order valence-corrected chi connectivity index (χ0v) is 14.8. The predicted octanol–water partition coefficient (Wildman–Crippen LogP) is 2.50. The summed E-state index contributed by atoms with van der Waals surface area (Å²) in [5.74, 6) is -0.176. The highest BCUT2D eigenvalue weighted by atomic mass is 79.9. The van der Waals surface area contributed by atoms with Gasteiger partial charge in [-0.05, 0) is 52.7 Å². The number of hydrogen-bond acceptors (Lipinski definition) is 4. The number of nitrogens with one attached hydrogen (secondary N) is 2. The van der Waals surface area contributed by atoms with Crippen molar-refractivity contribution in [1.29, 1.82) is 0 Å². The second-order valence-electron chi connectivity index (χ2n) is 5.42. The summed E-state index contributed by atoms with van der Waals surface area (Å²) in [5, 5.41) is 2.66. The molecule has 0 saturated heterocycles. The van der Waals surface area contributed by atoms with E-state index in [2.05, 4.69) is 26.2 Å². The number of anilines is 1. The van der Waals surface area contributed by atoms with Crippen molar-refractivity contribution in [2.24, 2.45) is 0 Å². The molecule has 0 aliphatic heterocycles. The summed E-state index contributed by atoms with van der Waals surface area (Å²) in [5.41, 5.74) is 0.0717. The molecule has 0 aliphatic rings. The van der Waals surface area contributed by atoms with Crippen molar-refractivity contribution in [3.63, 3.8) is 0 Å². The number of benzene rings is 1. The van der Waals surface area contributed by atoms with Gasteiger partial charge in [0.2, 0.25) is 0 Å². The first-order chi connectivity index (χ1) is 12.0. The minimum absolute atomic E-state index is 0.0590. The molecule has 2 aromatic heterocycles. The Bertz CT molecular complexity index is 1030. The fraction of sp³-hybridized carbons (Fsp3) is 0.118. The number of carbonyl (C=O) groups is 1. The van der Waals surface area contributed by atoms with Crippen molar-refractivity contribution in [2.45, 2.75) is 13.5 Å². The normalized spacial score (nSPS) is 10.6. The second-order valence-corrected chi connectivity index (χ2v) is 6.27. The first-order valence-corrected chi connectivity index (χ1v) is 8.17. The fourth-order valence-corrected chi connectivity index (χ4v) is 2.88. The lowest BCUT2D eigenvalue weighted by Gasteiger charge is -2.09. The van der Waals surface area contributed by atoms with Crippen LogP contribution in [-0.4, -0.2) is 15.5 Å². The Hall–Kier alpha value is -2.87. The van der Waals surface area contributed by atoms with Crippen LogP contribution >= 0.6 is 15.9 Å². The molecule has 0 bridgehead atoms. The van der Waals surface area contributed by atoms with Crippen LogP contribution in [0.25, 0.3) is 0 Å². The zero-order valence-electron chi connectivity index (χ0n) is 13.2. The summed E-state index contributed by atoms with van der Waals surface area (Å²) in [6, 6.07) is 8.70. The number of aromatic amines is 1. The largest absolute Gasteiger partial charge is 0.467 e. The number of amides is 1. The third-order valence-corrected chi connectivity index (χ3v) is 4.23. The van der Waals surface area contributed by atoms with Crippen molar-refractivity contribution in [3.8, 4) is 0 Å². The molecular formula is C17H14BrN3O4. The quantitative estimate of drug-likeness (QED) is 0.698. The number of furan rings is 1. The average Bonchev–Trinajstić information content (AvgIpc) is 3.07. The number of aromatic nitrogens is 2. The van der Waals surface area contributed by atoms with E-state index >= 15 is 0 Å². The van der Waals surface area contributed by atoms with Gasteiger partial charge in [-0.3, -0.25) is 14.2 Å². The van der Waals surface area contributed by atoms with Crippen molar-refractivity contribution < 1.29 is 9.21 Å². The molecule has 0 spiro atoms. The van der Waals surface area contributed by atoms with E-state index in [0.717, 1.165) is 16.3 Å². The summed E-state index contributed by atoms with van der Waals surface area (Å²) < 4.78 is 6.76. The van der Waals surface area contributed by atoms with E-state index in [-0.39, 0.29) is 12.1 Å². The summed E-state index contributed by atoms with van der Waals surface area (Å²) in [6.45, 7) is 1.86. The molecule has 7 nitrogen and oxygen atoms in total. The van der Waals surface area contributed by atoms with Crippen molar-refractivity contribution in [3.05, 3.63) is 85.0 Å². The third-order valence-electron chi connectivity index (χ3n) is 3.57. The fourth-order valence-electron chi connectivity index (χ4n) is 2.29. The van der Waals surface area contributed by atoms with Gasteiger partial charge in [-0.25, -0.2) is 4.79 Å². The van der Waals surface area contributed by atoms with E-state index in [0.29, 0.717) is 15.9 Å². The maximum Gasteiger partial charge on any atom is 0.328 e. The lowest BCUT2D eigenvalue weighted by Crippen LogP contribution is -2.39. The molecule has 8 heteroatoms. The standard InChI is InChI=1S/C17H14BrN3O4/c1-10-4-5-14(13(18)7-10)20-15(22)12-8-19-17(24)21(16(12)23)9-11-3-2-6-25-11/h2-8H,9H2,1H3,(H,19,24)(H,20,22). The Balaban J connectivity index is 1.93. The molecule has 0 unspecified atom stereocenters. The highest BCUT2D eigenvalue weighted by Gasteiger charge is 2.16. The number of nitrogens with zero attached hydrogens (tertiary/aromatic N) is 1. The van der Waals surface area contributed by atoms with Gasteiger partial charge < -0.3 is 14.7 Å². The molecule has 3 rings (SSSR count). The maximum atomic E-state index is 12.5. The van der Waals surface area contributed by atoms with Crippen molar-refractivity contribution in [2.75, 3.05) is 5.32 Å². The van der Waals surface area contributed by atoms with Crippen LogP contribution in [0.5, 0.6) is 0 Å². The zero-order chi connectivity index (χ0) is 18.0. The Labute approximate surface area is 150 Å². The second kappa shape index (κ2) is 6.94. The molecule has 3 aromatic rings. The first-order valence-electron chi connectivity index (χ1n) is 7.38. The van der Waals surface area contributed by atoms with Gasteiger partial charge in [-0.2, -0.15) is 0 Å². The highest BCUT2D eigenvalue weighted by molar-refractivity contribution is 9.10. The van der Waals surface area contributed by atoms with Crippen molar-refractivity contribution >= 4 is 27.5 Å². The summed E-state index contributed by atoms with van der Waals surface area (Å²) >= 11 is 3.36. The maximum absolute atomic E-state index is 12.5. The lowest BCUT2D eigenvalue weighted by atomic mass is 10.2. The summed E-state index contributed by atoms with van der Waals surface area (Å²) in [7, 11) is 0. The van der Waals surface area contributed by atoms with Crippen LogP contribution in [-0.2, 0) is 6.54 Å². The molecule has 2 heterocycles. The molecule has 1 aromatic carbocycles. The highest BCUT2D eigenvalue weighted by Crippen LogP contribution is 2.23. The van der Waals surface area contributed by atoms with E-state index in [9.17, 15) is 14.4 Å². The number of aryl methyl sites for hydroxylation is 1.